The van der Waals surface area contributed by atoms with Crippen LogP contribution in [0.25, 0.3) is 0 Å². The summed E-state index contributed by atoms with van der Waals surface area (Å²) in [4.78, 5) is 29.4. The standard InChI is InChI=1S/C27H32N6O4/c1-2-36-21-8-3-4-9-22(21)37-20-7-6-13-32(18-20)26-16-28-15-24(31-26)29-23-10-5-11-25(30-23)33-14-12-19(17-33)27(34)35/h3-5,8-11,15-16,19-20H,2,6-7,12-14,17-18H2,1H3,(H,34,35)(H,29,30,31). The van der Waals surface area contributed by atoms with Gasteiger partial charge in [-0.3, -0.25) is 9.78 Å². The normalized spacial score (nSPS) is 19.5. The molecule has 37 heavy (non-hydrogen) atoms. The summed E-state index contributed by atoms with van der Waals surface area (Å²) >= 11 is 0. The topological polar surface area (TPSA) is 113 Å². The van der Waals surface area contributed by atoms with Crippen LogP contribution in [-0.2, 0) is 4.79 Å². The lowest BCUT2D eigenvalue weighted by atomic mass is 10.1. The second-order valence-corrected chi connectivity index (χ2v) is 9.25. The van der Waals surface area contributed by atoms with Crippen molar-refractivity contribution in [1.82, 2.24) is 15.0 Å². The van der Waals surface area contributed by atoms with Gasteiger partial charge in [-0.2, -0.15) is 0 Å². The molecule has 0 amide bonds. The summed E-state index contributed by atoms with van der Waals surface area (Å²) in [5.74, 6) is 3.16. The van der Waals surface area contributed by atoms with Gasteiger partial charge in [0.1, 0.15) is 23.6 Å². The molecule has 2 aliphatic heterocycles. The maximum absolute atomic E-state index is 11.3. The average molecular weight is 505 g/mol. The molecule has 2 aromatic heterocycles. The molecular weight excluding hydrogens is 472 g/mol. The van der Waals surface area contributed by atoms with E-state index >= 15 is 0 Å². The number of carboxylic acids is 1. The van der Waals surface area contributed by atoms with E-state index in [2.05, 4.69) is 20.2 Å². The Balaban J connectivity index is 1.24. The number of anilines is 4. The van der Waals surface area contributed by atoms with E-state index in [-0.39, 0.29) is 12.0 Å². The van der Waals surface area contributed by atoms with Crippen LogP contribution < -0.4 is 24.6 Å². The van der Waals surface area contributed by atoms with E-state index in [9.17, 15) is 9.90 Å². The van der Waals surface area contributed by atoms with Crippen molar-refractivity contribution >= 4 is 29.2 Å². The predicted molar refractivity (Wildman–Crippen MR) is 141 cm³/mol. The number of hydrogen-bond donors (Lipinski definition) is 2. The molecule has 0 radical (unpaired) electrons. The number of para-hydroxylation sites is 2. The Hall–Kier alpha value is -4.08. The lowest BCUT2D eigenvalue weighted by molar-refractivity contribution is -0.140. The first-order valence-corrected chi connectivity index (χ1v) is 12.8. The molecule has 5 rings (SSSR count). The van der Waals surface area contributed by atoms with Crippen molar-refractivity contribution in [2.45, 2.75) is 32.3 Å². The predicted octanol–water partition coefficient (Wildman–Crippen LogP) is 3.97. The number of aromatic nitrogens is 3. The van der Waals surface area contributed by atoms with Gasteiger partial charge in [-0.05, 0) is 50.5 Å². The summed E-state index contributed by atoms with van der Waals surface area (Å²) in [6.45, 7) is 5.27. The molecule has 2 unspecified atom stereocenters. The van der Waals surface area contributed by atoms with E-state index in [1.54, 1.807) is 12.4 Å². The number of aliphatic carboxylic acids is 1. The van der Waals surface area contributed by atoms with Crippen LogP contribution >= 0.6 is 0 Å². The number of nitrogens with zero attached hydrogens (tertiary/aromatic N) is 5. The van der Waals surface area contributed by atoms with Gasteiger partial charge < -0.3 is 29.7 Å². The smallest absolute Gasteiger partial charge is 0.308 e. The zero-order valence-corrected chi connectivity index (χ0v) is 20.9. The maximum Gasteiger partial charge on any atom is 0.308 e. The quantitative estimate of drug-likeness (QED) is 0.444. The molecule has 0 aliphatic carbocycles. The van der Waals surface area contributed by atoms with Gasteiger partial charge in [0.15, 0.2) is 17.3 Å². The largest absolute Gasteiger partial charge is 0.490 e. The van der Waals surface area contributed by atoms with Crippen LogP contribution in [0, 0.1) is 5.92 Å². The molecule has 194 valence electrons. The van der Waals surface area contributed by atoms with Crippen LogP contribution in [0.15, 0.2) is 54.9 Å². The van der Waals surface area contributed by atoms with Gasteiger partial charge in [-0.25, -0.2) is 9.97 Å². The fraction of sp³-hybridized carbons (Fsp3) is 0.407. The molecule has 3 aromatic rings. The Morgan fingerprint density at radius 3 is 2.59 bits per heavy atom. The van der Waals surface area contributed by atoms with E-state index < -0.39 is 5.97 Å². The molecule has 2 fully saturated rings. The van der Waals surface area contributed by atoms with Gasteiger partial charge in [0.05, 0.1) is 31.5 Å². The van der Waals surface area contributed by atoms with Crippen molar-refractivity contribution in [2.75, 3.05) is 47.9 Å². The van der Waals surface area contributed by atoms with Crippen LogP contribution in [0.4, 0.5) is 23.3 Å². The van der Waals surface area contributed by atoms with Crippen LogP contribution in [-0.4, -0.2) is 64.9 Å². The lowest BCUT2D eigenvalue weighted by Gasteiger charge is -2.33. The summed E-state index contributed by atoms with van der Waals surface area (Å²) in [5.41, 5.74) is 0. The fourth-order valence-electron chi connectivity index (χ4n) is 4.78. The molecule has 2 aliphatic rings. The Morgan fingerprint density at radius 2 is 1.78 bits per heavy atom. The number of ether oxygens (including phenoxy) is 2. The number of carbonyl (C=O) groups is 1. The van der Waals surface area contributed by atoms with Gasteiger partial charge in [-0.15, -0.1) is 0 Å². The second kappa shape index (κ2) is 11.3. The molecule has 0 bridgehead atoms. The first kappa shape index (κ1) is 24.6. The molecule has 10 nitrogen and oxygen atoms in total. The molecule has 0 spiro atoms. The Labute approximate surface area is 216 Å². The summed E-state index contributed by atoms with van der Waals surface area (Å²) in [5, 5.41) is 12.5. The monoisotopic (exact) mass is 504 g/mol. The van der Waals surface area contributed by atoms with Gasteiger partial charge in [0, 0.05) is 19.6 Å². The number of nitrogens with one attached hydrogen (secondary N) is 1. The third kappa shape index (κ3) is 6.02. The van der Waals surface area contributed by atoms with Gasteiger partial charge in [0.25, 0.3) is 0 Å². The van der Waals surface area contributed by atoms with E-state index in [1.807, 2.05) is 54.3 Å². The van der Waals surface area contributed by atoms with E-state index in [0.29, 0.717) is 44.3 Å². The van der Waals surface area contributed by atoms with Gasteiger partial charge >= 0.3 is 5.97 Å². The summed E-state index contributed by atoms with van der Waals surface area (Å²) in [6, 6.07) is 13.4. The molecule has 2 N–H and O–H groups in total. The number of hydrogen-bond acceptors (Lipinski definition) is 9. The van der Waals surface area contributed by atoms with Crippen LogP contribution in [0.2, 0.25) is 0 Å². The first-order valence-electron chi connectivity index (χ1n) is 12.8. The first-order chi connectivity index (χ1) is 18.1. The highest BCUT2D eigenvalue weighted by molar-refractivity contribution is 5.72. The molecule has 4 heterocycles. The maximum atomic E-state index is 11.3. The van der Waals surface area contributed by atoms with Crippen molar-refractivity contribution in [3.05, 3.63) is 54.9 Å². The minimum Gasteiger partial charge on any atom is -0.490 e. The average Bonchev–Trinajstić information content (AvgIpc) is 3.42. The zero-order chi connectivity index (χ0) is 25.6. The number of rotatable bonds is 9. The summed E-state index contributed by atoms with van der Waals surface area (Å²) < 4.78 is 12.0. The molecule has 0 saturated carbocycles. The fourth-order valence-corrected chi connectivity index (χ4v) is 4.78. The van der Waals surface area contributed by atoms with E-state index in [1.165, 1.54) is 0 Å². The second-order valence-electron chi connectivity index (χ2n) is 9.25. The van der Waals surface area contributed by atoms with E-state index in [4.69, 9.17) is 14.5 Å². The third-order valence-corrected chi connectivity index (χ3v) is 6.62. The third-order valence-electron chi connectivity index (χ3n) is 6.62. The highest BCUT2D eigenvalue weighted by Crippen LogP contribution is 2.30. The van der Waals surface area contributed by atoms with E-state index in [0.717, 1.165) is 42.5 Å². The van der Waals surface area contributed by atoms with Crippen LogP contribution in [0.1, 0.15) is 26.2 Å². The molecule has 10 heteroatoms. The summed E-state index contributed by atoms with van der Waals surface area (Å²) in [7, 11) is 0. The van der Waals surface area contributed by atoms with Crippen molar-refractivity contribution < 1.29 is 19.4 Å². The SMILES string of the molecule is CCOc1ccccc1OC1CCCN(c2cncc(Nc3cccc(N4CCC(C(=O)O)C4)n3)n2)C1. The van der Waals surface area contributed by atoms with Crippen molar-refractivity contribution in [1.29, 1.82) is 0 Å². The Kier molecular flexibility index (Phi) is 7.53. The highest BCUT2D eigenvalue weighted by Gasteiger charge is 2.29. The van der Waals surface area contributed by atoms with Gasteiger partial charge in [0.2, 0.25) is 0 Å². The van der Waals surface area contributed by atoms with Crippen molar-refractivity contribution in [2.24, 2.45) is 5.92 Å². The van der Waals surface area contributed by atoms with Crippen LogP contribution in [0.5, 0.6) is 11.5 Å². The van der Waals surface area contributed by atoms with Gasteiger partial charge in [-0.1, -0.05) is 18.2 Å². The number of piperidine rings is 1. The summed E-state index contributed by atoms with van der Waals surface area (Å²) in [6.07, 6.45) is 6.02. The molecule has 1 aromatic carbocycles. The molecule has 2 atom stereocenters. The Bertz CT molecular complexity index is 1220. The van der Waals surface area contributed by atoms with Crippen molar-refractivity contribution in [3.63, 3.8) is 0 Å². The number of carboxylic acid groups (broad SMARTS) is 1. The minimum absolute atomic E-state index is 0.0159. The minimum atomic E-state index is -0.757. The zero-order valence-electron chi connectivity index (χ0n) is 20.9. The molecule has 2 saturated heterocycles. The lowest BCUT2D eigenvalue weighted by Crippen LogP contribution is -2.41. The van der Waals surface area contributed by atoms with Crippen molar-refractivity contribution in [3.8, 4) is 11.5 Å². The number of benzene rings is 1. The molecular formula is C27H32N6O4. The van der Waals surface area contributed by atoms with Crippen LogP contribution in [0.3, 0.4) is 0 Å². The number of pyridine rings is 1. The highest BCUT2D eigenvalue weighted by atomic mass is 16.5. The Morgan fingerprint density at radius 1 is 0.973 bits per heavy atom.